The Bertz CT molecular complexity index is 927. The van der Waals surface area contributed by atoms with Gasteiger partial charge in [-0.15, -0.1) is 0 Å². The minimum atomic E-state index is -1.77. The summed E-state index contributed by atoms with van der Waals surface area (Å²) in [6.07, 6.45) is 2.96. The molecule has 0 aromatic heterocycles. The van der Waals surface area contributed by atoms with Gasteiger partial charge in [-0.05, 0) is 29.7 Å². The molecule has 0 bridgehead atoms. The van der Waals surface area contributed by atoms with Crippen molar-refractivity contribution < 1.29 is 9.29 Å². The minimum absolute atomic E-state index is 0.0651. The van der Waals surface area contributed by atoms with E-state index in [0.717, 1.165) is 25.1 Å². The molecule has 0 saturated heterocycles. The smallest absolute Gasteiger partial charge is 0.191 e. The SMILES string of the molecule is CCC[NH+]1CC=C2C(C#N)=C(N)C(C#N)(C#N)C(c3ccccc3F)C2C1. The van der Waals surface area contributed by atoms with Gasteiger partial charge in [-0.25, -0.2) is 4.39 Å². The van der Waals surface area contributed by atoms with E-state index >= 15 is 0 Å². The molecule has 1 aliphatic carbocycles. The van der Waals surface area contributed by atoms with Crippen molar-refractivity contribution in [3.05, 3.63) is 58.6 Å². The molecule has 1 heterocycles. The summed E-state index contributed by atoms with van der Waals surface area (Å²) in [5, 5.41) is 29.6. The number of allylic oxidation sites excluding steroid dienone is 2. The van der Waals surface area contributed by atoms with E-state index in [9.17, 15) is 20.2 Å². The number of quaternary nitrogens is 1. The molecule has 0 fully saturated rings. The molecule has 3 atom stereocenters. The summed E-state index contributed by atoms with van der Waals surface area (Å²) in [5.41, 5.74) is 5.61. The Hall–Kier alpha value is -3.14. The summed E-state index contributed by atoms with van der Waals surface area (Å²) in [6, 6.07) is 12.4. The summed E-state index contributed by atoms with van der Waals surface area (Å²) >= 11 is 0. The maximum Gasteiger partial charge on any atom is 0.191 e. The van der Waals surface area contributed by atoms with Crippen molar-refractivity contribution in [3.8, 4) is 18.2 Å². The minimum Gasteiger partial charge on any atom is -0.399 e. The van der Waals surface area contributed by atoms with Gasteiger partial charge in [0.2, 0.25) is 0 Å². The number of fused-ring (bicyclic) bond motifs is 1. The van der Waals surface area contributed by atoms with E-state index in [1.807, 2.05) is 18.2 Å². The first-order valence-electron chi connectivity index (χ1n) is 9.05. The largest absolute Gasteiger partial charge is 0.399 e. The fourth-order valence-corrected chi connectivity index (χ4v) is 4.46. The van der Waals surface area contributed by atoms with Crippen LogP contribution in [0.15, 0.2) is 47.2 Å². The lowest BCUT2D eigenvalue weighted by Gasteiger charge is -2.44. The van der Waals surface area contributed by atoms with Crippen LogP contribution in [-0.4, -0.2) is 19.6 Å². The van der Waals surface area contributed by atoms with Crippen LogP contribution in [0.3, 0.4) is 0 Å². The molecule has 136 valence electrons. The molecule has 1 aliphatic heterocycles. The number of rotatable bonds is 3. The number of halogens is 1. The van der Waals surface area contributed by atoms with Crippen molar-refractivity contribution in [1.82, 2.24) is 0 Å². The van der Waals surface area contributed by atoms with E-state index in [2.05, 4.69) is 13.0 Å². The topological polar surface area (TPSA) is 102 Å². The quantitative estimate of drug-likeness (QED) is 0.851. The Morgan fingerprint density at radius 2 is 1.96 bits per heavy atom. The Labute approximate surface area is 158 Å². The van der Waals surface area contributed by atoms with Gasteiger partial charge in [0, 0.05) is 11.8 Å². The maximum atomic E-state index is 14.7. The van der Waals surface area contributed by atoms with Crippen molar-refractivity contribution in [1.29, 1.82) is 15.8 Å². The van der Waals surface area contributed by atoms with Crippen LogP contribution in [0.1, 0.15) is 24.8 Å². The maximum absolute atomic E-state index is 14.7. The highest BCUT2D eigenvalue weighted by molar-refractivity contribution is 5.59. The van der Waals surface area contributed by atoms with Crippen molar-refractivity contribution in [2.45, 2.75) is 19.3 Å². The molecule has 0 radical (unpaired) electrons. The van der Waals surface area contributed by atoms with E-state index in [4.69, 9.17) is 5.73 Å². The molecule has 0 amide bonds. The first-order chi connectivity index (χ1) is 13.0. The molecule has 3 rings (SSSR count). The fraction of sp³-hybridized carbons (Fsp3) is 0.381. The van der Waals surface area contributed by atoms with Crippen LogP contribution in [0.2, 0.25) is 0 Å². The highest BCUT2D eigenvalue weighted by Gasteiger charge is 2.55. The second kappa shape index (κ2) is 7.23. The van der Waals surface area contributed by atoms with Gasteiger partial charge in [0.1, 0.15) is 11.9 Å². The van der Waals surface area contributed by atoms with Crippen LogP contribution in [-0.2, 0) is 0 Å². The standard InChI is InChI=1S/C21H20FN5/c1-2-8-27-9-7-14-16(10-23)20(26)21(12-24,13-25)19(17(14)11-27)15-5-3-4-6-18(15)22/h3-7,17,19H,2,8-9,11,26H2,1H3/p+1. The summed E-state index contributed by atoms with van der Waals surface area (Å²) in [6.45, 7) is 4.39. The van der Waals surface area contributed by atoms with Gasteiger partial charge in [0.05, 0.1) is 43.0 Å². The molecule has 0 saturated carbocycles. The molecule has 3 unspecified atom stereocenters. The highest BCUT2D eigenvalue weighted by Crippen LogP contribution is 2.53. The van der Waals surface area contributed by atoms with E-state index < -0.39 is 17.2 Å². The molecule has 27 heavy (non-hydrogen) atoms. The molecule has 2 aliphatic rings. The molecule has 1 aromatic rings. The average molecular weight is 362 g/mol. The van der Waals surface area contributed by atoms with Gasteiger partial charge >= 0.3 is 0 Å². The van der Waals surface area contributed by atoms with Crippen LogP contribution in [0.25, 0.3) is 0 Å². The Kier molecular flexibility index (Phi) is 5.00. The predicted octanol–water partition coefficient (Wildman–Crippen LogP) is 1.54. The van der Waals surface area contributed by atoms with Crippen molar-refractivity contribution in [2.24, 2.45) is 17.1 Å². The Morgan fingerprint density at radius 3 is 2.56 bits per heavy atom. The predicted molar refractivity (Wildman–Crippen MR) is 97.1 cm³/mol. The molecule has 6 heteroatoms. The normalized spacial score (nSPS) is 26.2. The van der Waals surface area contributed by atoms with Gasteiger partial charge in [-0.3, -0.25) is 0 Å². The van der Waals surface area contributed by atoms with Crippen molar-refractivity contribution >= 4 is 0 Å². The van der Waals surface area contributed by atoms with Crippen LogP contribution >= 0.6 is 0 Å². The number of nitrogens with one attached hydrogen (secondary N) is 1. The number of nitrogens with zero attached hydrogens (tertiary/aromatic N) is 3. The first kappa shape index (κ1) is 18.6. The number of hydrogen-bond acceptors (Lipinski definition) is 4. The fourth-order valence-electron chi connectivity index (χ4n) is 4.46. The Balaban J connectivity index is 2.30. The zero-order valence-electron chi connectivity index (χ0n) is 15.2. The Morgan fingerprint density at radius 1 is 1.26 bits per heavy atom. The van der Waals surface area contributed by atoms with Crippen LogP contribution in [0, 0.1) is 51.1 Å². The van der Waals surface area contributed by atoms with Crippen molar-refractivity contribution in [3.63, 3.8) is 0 Å². The first-order valence-corrected chi connectivity index (χ1v) is 9.05. The molecule has 3 N–H and O–H groups in total. The molecule has 5 nitrogen and oxygen atoms in total. The summed E-state index contributed by atoms with van der Waals surface area (Å²) in [4.78, 5) is 1.29. The van der Waals surface area contributed by atoms with Crippen molar-refractivity contribution in [2.75, 3.05) is 19.6 Å². The second-order valence-corrected chi connectivity index (χ2v) is 7.11. The second-order valence-electron chi connectivity index (χ2n) is 7.11. The number of hydrogen-bond donors (Lipinski definition) is 2. The molecule has 1 aromatic carbocycles. The lowest BCUT2D eigenvalue weighted by molar-refractivity contribution is -0.899. The van der Waals surface area contributed by atoms with Crippen LogP contribution in [0.4, 0.5) is 4.39 Å². The van der Waals surface area contributed by atoms with E-state index in [0.29, 0.717) is 12.1 Å². The van der Waals surface area contributed by atoms with E-state index in [-0.39, 0.29) is 17.2 Å². The third-order valence-corrected chi connectivity index (χ3v) is 5.68. The van der Waals surface area contributed by atoms with Gasteiger partial charge in [-0.1, -0.05) is 25.1 Å². The van der Waals surface area contributed by atoms with Gasteiger partial charge < -0.3 is 10.6 Å². The third-order valence-electron chi connectivity index (χ3n) is 5.68. The zero-order valence-corrected chi connectivity index (χ0v) is 15.2. The molecular weight excluding hydrogens is 341 g/mol. The summed E-state index contributed by atoms with van der Waals surface area (Å²) in [7, 11) is 0. The monoisotopic (exact) mass is 362 g/mol. The molecule has 0 spiro atoms. The average Bonchev–Trinajstić information content (AvgIpc) is 2.68. The van der Waals surface area contributed by atoms with Crippen LogP contribution < -0.4 is 10.6 Å². The third kappa shape index (κ3) is 2.78. The number of benzene rings is 1. The van der Waals surface area contributed by atoms with E-state index in [1.54, 1.807) is 18.2 Å². The number of nitriles is 3. The number of nitrogens with two attached hydrogens (primary N) is 1. The van der Waals surface area contributed by atoms with Crippen LogP contribution in [0.5, 0.6) is 0 Å². The lowest BCUT2D eigenvalue weighted by Crippen LogP contribution is -3.13. The van der Waals surface area contributed by atoms with Gasteiger partial charge in [0.15, 0.2) is 5.41 Å². The van der Waals surface area contributed by atoms with Gasteiger partial charge in [0.25, 0.3) is 0 Å². The van der Waals surface area contributed by atoms with Gasteiger partial charge in [-0.2, -0.15) is 15.8 Å². The lowest BCUT2D eigenvalue weighted by atomic mass is 9.58. The summed E-state index contributed by atoms with van der Waals surface area (Å²) in [5.74, 6) is -1.55. The van der Waals surface area contributed by atoms with E-state index in [1.165, 1.54) is 11.0 Å². The highest BCUT2D eigenvalue weighted by atomic mass is 19.1. The molecular formula is C21H21FN5+. The summed E-state index contributed by atoms with van der Waals surface area (Å²) < 4.78 is 14.7. The zero-order chi connectivity index (χ0) is 19.6.